The molecule has 1 amide bonds. The Morgan fingerprint density at radius 3 is 2.81 bits per heavy atom. The molecule has 4 rings (SSSR count). The molecular formula is C21H22N4O2. The first-order valence-corrected chi connectivity index (χ1v) is 9.01. The van der Waals surface area contributed by atoms with Crippen molar-refractivity contribution in [3.05, 3.63) is 70.2 Å². The number of anilines is 1. The summed E-state index contributed by atoms with van der Waals surface area (Å²) in [5.41, 5.74) is 5.40. The van der Waals surface area contributed by atoms with Gasteiger partial charge in [-0.3, -0.25) is 9.78 Å². The number of benzene rings is 1. The Bertz CT molecular complexity index is 1040. The van der Waals surface area contributed by atoms with Crippen LogP contribution in [0.3, 0.4) is 0 Å². The minimum absolute atomic E-state index is 0.0967. The van der Waals surface area contributed by atoms with Crippen LogP contribution in [0.25, 0.3) is 0 Å². The van der Waals surface area contributed by atoms with Crippen molar-refractivity contribution < 1.29 is 9.90 Å². The lowest BCUT2D eigenvalue weighted by Gasteiger charge is -2.24. The highest BCUT2D eigenvalue weighted by molar-refractivity contribution is 5.94. The Morgan fingerprint density at radius 2 is 2.04 bits per heavy atom. The first kappa shape index (κ1) is 17.3. The molecule has 0 radical (unpaired) electrons. The van der Waals surface area contributed by atoms with Gasteiger partial charge in [0.05, 0.1) is 17.9 Å². The second-order valence-corrected chi connectivity index (χ2v) is 7.16. The number of fused-ring (bicyclic) bond motifs is 1. The molecule has 2 aromatic heterocycles. The number of hydrogen-bond acceptors (Lipinski definition) is 4. The summed E-state index contributed by atoms with van der Waals surface area (Å²) >= 11 is 0. The number of amides is 1. The summed E-state index contributed by atoms with van der Waals surface area (Å²) in [5, 5.41) is 18.0. The molecule has 0 unspecified atom stereocenters. The number of aryl methyl sites for hydroxylation is 3. The quantitative estimate of drug-likeness (QED) is 0.748. The van der Waals surface area contributed by atoms with Gasteiger partial charge in [0.1, 0.15) is 11.6 Å². The van der Waals surface area contributed by atoms with Crippen LogP contribution in [-0.2, 0) is 11.3 Å². The molecule has 3 aromatic rings. The summed E-state index contributed by atoms with van der Waals surface area (Å²) in [5.74, 6) is 0.399. The molecule has 0 aliphatic carbocycles. The average molecular weight is 362 g/mol. The van der Waals surface area contributed by atoms with Crippen molar-refractivity contribution in [2.24, 2.45) is 0 Å². The van der Waals surface area contributed by atoms with Crippen LogP contribution in [0.15, 0.2) is 36.4 Å². The van der Waals surface area contributed by atoms with Gasteiger partial charge in [0.2, 0.25) is 5.91 Å². The third-order valence-electron chi connectivity index (χ3n) is 4.96. The second kappa shape index (κ2) is 6.54. The topological polar surface area (TPSA) is 80.0 Å². The number of rotatable bonds is 3. The predicted octanol–water partition coefficient (Wildman–Crippen LogP) is 3.43. The number of aromatic hydroxyl groups is 1. The lowest BCUT2D eigenvalue weighted by atomic mass is 9.88. The SMILES string of the molecule is Cc1cccc(Cn2nc(C)c3c2NC(=O)C[C@H]3c2nc(C)ccc2O)c1. The minimum Gasteiger partial charge on any atom is -0.506 e. The molecule has 0 saturated heterocycles. The molecule has 3 heterocycles. The van der Waals surface area contributed by atoms with Crippen LogP contribution in [0.4, 0.5) is 5.82 Å². The van der Waals surface area contributed by atoms with Gasteiger partial charge in [-0.05, 0) is 38.5 Å². The summed E-state index contributed by atoms with van der Waals surface area (Å²) in [4.78, 5) is 16.9. The molecule has 1 aliphatic heterocycles. The van der Waals surface area contributed by atoms with Gasteiger partial charge in [-0.15, -0.1) is 0 Å². The Kier molecular flexibility index (Phi) is 4.18. The zero-order valence-corrected chi connectivity index (χ0v) is 15.7. The molecule has 0 bridgehead atoms. The van der Waals surface area contributed by atoms with E-state index in [4.69, 9.17) is 0 Å². The predicted molar refractivity (Wildman–Crippen MR) is 103 cm³/mol. The Balaban J connectivity index is 1.80. The number of carbonyl (C=O) groups excluding carboxylic acids is 1. The Hall–Kier alpha value is -3.15. The lowest BCUT2D eigenvalue weighted by Crippen LogP contribution is -2.26. The van der Waals surface area contributed by atoms with E-state index < -0.39 is 0 Å². The summed E-state index contributed by atoms with van der Waals surface area (Å²) < 4.78 is 1.83. The van der Waals surface area contributed by atoms with Crippen molar-refractivity contribution in [1.82, 2.24) is 14.8 Å². The smallest absolute Gasteiger partial charge is 0.226 e. The van der Waals surface area contributed by atoms with Crippen molar-refractivity contribution in [2.75, 3.05) is 5.32 Å². The summed E-state index contributed by atoms with van der Waals surface area (Å²) in [6, 6.07) is 11.6. The van der Waals surface area contributed by atoms with Crippen LogP contribution in [0.1, 0.15) is 46.1 Å². The Morgan fingerprint density at radius 1 is 1.22 bits per heavy atom. The molecule has 6 heteroatoms. The van der Waals surface area contributed by atoms with Crippen molar-refractivity contribution in [3.63, 3.8) is 0 Å². The van der Waals surface area contributed by atoms with E-state index in [9.17, 15) is 9.90 Å². The maximum absolute atomic E-state index is 12.4. The third kappa shape index (κ3) is 3.18. The van der Waals surface area contributed by atoms with Crippen LogP contribution in [-0.4, -0.2) is 25.8 Å². The molecule has 6 nitrogen and oxygen atoms in total. The molecule has 0 saturated carbocycles. The third-order valence-corrected chi connectivity index (χ3v) is 4.96. The van der Waals surface area contributed by atoms with E-state index in [1.165, 1.54) is 5.56 Å². The summed E-state index contributed by atoms with van der Waals surface area (Å²) in [6.07, 6.45) is 0.244. The number of hydrogen-bond donors (Lipinski definition) is 2. The van der Waals surface area contributed by atoms with Crippen LogP contribution in [0, 0.1) is 20.8 Å². The minimum atomic E-state index is -0.306. The summed E-state index contributed by atoms with van der Waals surface area (Å²) in [7, 11) is 0. The van der Waals surface area contributed by atoms with Gasteiger partial charge >= 0.3 is 0 Å². The maximum atomic E-state index is 12.4. The fraction of sp³-hybridized carbons (Fsp3) is 0.286. The van der Waals surface area contributed by atoms with Crippen LogP contribution < -0.4 is 5.32 Å². The molecule has 1 aromatic carbocycles. The molecule has 27 heavy (non-hydrogen) atoms. The van der Waals surface area contributed by atoms with Gasteiger partial charge < -0.3 is 10.4 Å². The van der Waals surface area contributed by atoms with Gasteiger partial charge in [0, 0.05) is 23.6 Å². The van der Waals surface area contributed by atoms with Crippen molar-refractivity contribution in [3.8, 4) is 5.75 Å². The lowest BCUT2D eigenvalue weighted by molar-refractivity contribution is -0.116. The van der Waals surface area contributed by atoms with E-state index in [1.807, 2.05) is 30.7 Å². The molecule has 1 atom stereocenters. The van der Waals surface area contributed by atoms with Crippen LogP contribution in [0.2, 0.25) is 0 Å². The van der Waals surface area contributed by atoms with Crippen LogP contribution in [0.5, 0.6) is 5.75 Å². The maximum Gasteiger partial charge on any atom is 0.226 e. The molecule has 0 spiro atoms. The fourth-order valence-electron chi connectivity index (χ4n) is 3.77. The number of pyridine rings is 1. The highest BCUT2D eigenvalue weighted by Gasteiger charge is 2.34. The van der Waals surface area contributed by atoms with E-state index in [2.05, 4.69) is 34.5 Å². The number of nitrogens with zero attached hydrogens (tertiary/aromatic N) is 3. The van der Waals surface area contributed by atoms with E-state index >= 15 is 0 Å². The van der Waals surface area contributed by atoms with E-state index in [0.717, 1.165) is 22.5 Å². The van der Waals surface area contributed by atoms with E-state index in [1.54, 1.807) is 12.1 Å². The van der Waals surface area contributed by atoms with Gasteiger partial charge in [0.25, 0.3) is 0 Å². The highest BCUT2D eigenvalue weighted by Crippen LogP contribution is 2.41. The second-order valence-electron chi connectivity index (χ2n) is 7.16. The van der Waals surface area contributed by atoms with Crippen molar-refractivity contribution in [2.45, 2.75) is 39.7 Å². The normalized spacial score (nSPS) is 16.1. The Labute approximate surface area is 157 Å². The molecule has 138 valence electrons. The number of aromatic nitrogens is 3. The van der Waals surface area contributed by atoms with Gasteiger partial charge in [-0.2, -0.15) is 5.10 Å². The average Bonchev–Trinajstić information content (AvgIpc) is 2.92. The first-order valence-electron chi connectivity index (χ1n) is 9.01. The number of carbonyl (C=O) groups is 1. The molecule has 0 fully saturated rings. The van der Waals surface area contributed by atoms with E-state index in [0.29, 0.717) is 18.1 Å². The van der Waals surface area contributed by atoms with Crippen molar-refractivity contribution >= 4 is 11.7 Å². The summed E-state index contributed by atoms with van der Waals surface area (Å²) in [6.45, 7) is 6.43. The highest BCUT2D eigenvalue weighted by atomic mass is 16.3. The largest absolute Gasteiger partial charge is 0.506 e. The van der Waals surface area contributed by atoms with E-state index in [-0.39, 0.29) is 24.0 Å². The van der Waals surface area contributed by atoms with Crippen LogP contribution >= 0.6 is 0 Å². The standard InChI is InChI=1S/C21H22N4O2/c1-12-5-4-6-15(9-12)11-25-21-19(14(3)24-25)16(10-18(27)23-21)20-17(26)8-7-13(2)22-20/h4-9,16,26H,10-11H2,1-3H3,(H,23,27)/t16-/m1/s1. The van der Waals surface area contributed by atoms with Gasteiger partial charge in [0.15, 0.2) is 0 Å². The zero-order valence-electron chi connectivity index (χ0n) is 15.7. The first-order chi connectivity index (χ1) is 12.9. The number of nitrogens with one attached hydrogen (secondary N) is 1. The zero-order chi connectivity index (χ0) is 19.1. The molecule has 2 N–H and O–H groups in total. The van der Waals surface area contributed by atoms with Crippen molar-refractivity contribution in [1.29, 1.82) is 0 Å². The monoisotopic (exact) mass is 362 g/mol. The fourth-order valence-corrected chi connectivity index (χ4v) is 3.77. The molecule has 1 aliphatic rings. The van der Waals surface area contributed by atoms with Gasteiger partial charge in [-0.25, -0.2) is 4.68 Å². The molecular weight excluding hydrogens is 340 g/mol. The van der Waals surface area contributed by atoms with Gasteiger partial charge in [-0.1, -0.05) is 29.8 Å².